The lowest BCUT2D eigenvalue weighted by Gasteiger charge is -2.22. The molecule has 1 saturated carbocycles. The lowest BCUT2D eigenvalue weighted by atomic mass is 9.95. The quantitative estimate of drug-likeness (QED) is 0.530. The molecule has 1 aliphatic carbocycles. The fourth-order valence-electron chi connectivity index (χ4n) is 3.82. The van der Waals surface area contributed by atoms with E-state index in [2.05, 4.69) is 0 Å². The summed E-state index contributed by atoms with van der Waals surface area (Å²) >= 11 is 0. The third-order valence-electron chi connectivity index (χ3n) is 6.20. The van der Waals surface area contributed by atoms with Crippen molar-refractivity contribution in [2.45, 2.75) is 45.8 Å². The first kappa shape index (κ1) is 22.0. The lowest BCUT2D eigenvalue weighted by molar-refractivity contribution is -0.156. The van der Waals surface area contributed by atoms with E-state index in [4.69, 9.17) is 23.7 Å². The van der Waals surface area contributed by atoms with Crippen molar-refractivity contribution in [3.63, 3.8) is 0 Å². The molecule has 1 fully saturated rings. The molecule has 1 heterocycles. The molecule has 4 rings (SSSR count). The number of fused-ring (bicyclic) bond motifs is 1. The van der Waals surface area contributed by atoms with E-state index in [-0.39, 0.29) is 31.3 Å². The van der Waals surface area contributed by atoms with Gasteiger partial charge in [0.05, 0.1) is 25.9 Å². The van der Waals surface area contributed by atoms with E-state index < -0.39 is 5.41 Å². The number of rotatable bonds is 9. The summed E-state index contributed by atoms with van der Waals surface area (Å²) in [7, 11) is 3.10. The summed E-state index contributed by atoms with van der Waals surface area (Å²) in [4.78, 5) is 24.8. The molecule has 2 aromatic rings. The van der Waals surface area contributed by atoms with Crippen molar-refractivity contribution in [2.24, 2.45) is 5.41 Å². The van der Waals surface area contributed by atoms with E-state index in [1.54, 1.807) is 26.4 Å². The van der Waals surface area contributed by atoms with Gasteiger partial charge in [-0.15, -0.1) is 0 Å². The highest BCUT2D eigenvalue weighted by molar-refractivity contribution is 5.96. The summed E-state index contributed by atoms with van der Waals surface area (Å²) in [6, 6.07) is 9.14. The Kier molecular flexibility index (Phi) is 6.00. The van der Waals surface area contributed by atoms with Gasteiger partial charge < -0.3 is 23.7 Å². The monoisotopic (exact) mass is 440 g/mol. The van der Waals surface area contributed by atoms with Gasteiger partial charge in [0.25, 0.3) is 0 Å². The van der Waals surface area contributed by atoms with E-state index in [0.717, 1.165) is 23.1 Å². The molecule has 0 N–H and O–H groups in total. The third-order valence-corrected chi connectivity index (χ3v) is 6.20. The number of carbonyl (C=O) groups is 2. The Morgan fingerprint density at radius 3 is 2.47 bits per heavy atom. The van der Waals surface area contributed by atoms with Gasteiger partial charge in [0.2, 0.25) is 5.75 Å². The SMILES string of the molecule is CC[C@H](C)OC(=O)C1(COc2c(-c3cccc4c3COC4=O)ccc(OC)c2OC)CC1. The molecule has 0 saturated heterocycles. The number of ether oxygens (including phenoxy) is 5. The van der Waals surface area contributed by atoms with Gasteiger partial charge >= 0.3 is 11.9 Å². The van der Waals surface area contributed by atoms with E-state index in [1.807, 2.05) is 32.0 Å². The number of hydrogen-bond donors (Lipinski definition) is 0. The van der Waals surface area contributed by atoms with Crippen LogP contribution in [0.15, 0.2) is 30.3 Å². The summed E-state index contributed by atoms with van der Waals surface area (Å²) in [6.45, 7) is 4.23. The van der Waals surface area contributed by atoms with Gasteiger partial charge in [0, 0.05) is 11.1 Å². The average Bonchev–Trinajstić information content (AvgIpc) is 3.52. The Balaban J connectivity index is 1.71. The summed E-state index contributed by atoms with van der Waals surface area (Å²) in [6.07, 6.45) is 2.06. The second kappa shape index (κ2) is 8.73. The number of esters is 2. The van der Waals surface area contributed by atoms with Gasteiger partial charge in [-0.1, -0.05) is 19.1 Å². The number of hydrogen-bond acceptors (Lipinski definition) is 7. The molecule has 1 aliphatic heterocycles. The molecule has 0 amide bonds. The Morgan fingerprint density at radius 2 is 1.81 bits per heavy atom. The molecular formula is C25H28O7. The van der Waals surface area contributed by atoms with Crippen LogP contribution in [0.2, 0.25) is 0 Å². The van der Waals surface area contributed by atoms with Crippen LogP contribution in [0.3, 0.4) is 0 Å². The predicted molar refractivity (Wildman–Crippen MR) is 117 cm³/mol. The first-order valence-corrected chi connectivity index (χ1v) is 10.8. The first-order chi connectivity index (χ1) is 15.4. The zero-order valence-electron chi connectivity index (χ0n) is 18.9. The topological polar surface area (TPSA) is 80.3 Å². The molecule has 7 heteroatoms. The van der Waals surface area contributed by atoms with Gasteiger partial charge in [0.15, 0.2) is 11.5 Å². The largest absolute Gasteiger partial charge is 0.493 e. The molecule has 32 heavy (non-hydrogen) atoms. The maximum absolute atomic E-state index is 12.7. The van der Waals surface area contributed by atoms with Crippen LogP contribution in [0.5, 0.6) is 17.2 Å². The number of carbonyl (C=O) groups excluding carboxylic acids is 2. The van der Waals surface area contributed by atoms with Gasteiger partial charge in [0.1, 0.15) is 18.6 Å². The maximum atomic E-state index is 12.7. The Bertz CT molecular complexity index is 1040. The van der Waals surface area contributed by atoms with Gasteiger partial charge in [-0.25, -0.2) is 4.79 Å². The molecule has 2 aromatic carbocycles. The van der Waals surface area contributed by atoms with Crippen molar-refractivity contribution in [1.82, 2.24) is 0 Å². The Morgan fingerprint density at radius 1 is 1.06 bits per heavy atom. The summed E-state index contributed by atoms with van der Waals surface area (Å²) < 4.78 is 28.2. The van der Waals surface area contributed by atoms with E-state index in [1.165, 1.54) is 0 Å². The van der Waals surface area contributed by atoms with E-state index in [9.17, 15) is 9.59 Å². The zero-order valence-corrected chi connectivity index (χ0v) is 18.9. The van der Waals surface area contributed by atoms with Crippen LogP contribution in [0, 0.1) is 5.41 Å². The predicted octanol–water partition coefficient (Wildman–Crippen LogP) is 4.54. The van der Waals surface area contributed by atoms with E-state index >= 15 is 0 Å². The minimum absolute atomic E-state index is 0.133. The number of benzene rings is 2. The molecular weight excluding hydrogens is 412 g/mol. The molecule has 0 aromatic heterocycles. The van der Waals surface area contributed by atoms with Crippen LogP contribution in [-0.2, 0) is 20.9 Å². The maximum Gasteiger partial charge on any atom is 0.338 e. The second-order valence-electron chi connectivity index (χ2n) is 8.28. The third kappa shape index (κ3) is 3.87. The number of cyclic esters (lactones) is 1. The Labute approximate surface area is 187 Å². The second-order valence-corrected chi connectivity index (χ2v) is 8.28. The number of methoxy groups -OCH3 is 2. The van der Waals surface area contributed by atoms with Crippen LogP contribution < -0.4 is 14.2 Å². The molecule has 0 unspecified atom stereocenters. The fourth-order valence-corrected chi connectivity index (χ4v) is 3.82. The summed E-state index contributed by atoms with van der Waals surface area (Å²) in [5.41, 5.74) is 2.25. The van der Waals surface area contributed by atoms with Gasteiger partial charge in [-0.3, -0.25) is 4.79 Å². The highest BCUT2D eigenvalue weighted by atomic mass is 16.6. The molecule has 2 aliphatic rings. The van der Waals surface area contributed by atoms with Crippen molar-refractivity contribution in [2.75, 3.05) is 20.8 Å². The highest BCUT2D eigenvalue weighted by Gasteiger charge is 2.53. The Hall–Kier alpha value is -3.22. The van der Waals surface area contributed by atoms with Crippen LogP contribution in [0.25, 0.3) is 11.1 Å². The normalized spacial score (nSPS) is 16.6. The molecule has 0 spiro atoms. The van der Waals surface area contributed by atoms with Gasteiger partial charge in [-0.05, 0) is 49.9 Å². The minimum atomic E-state index is -0.646. The van der Waals surface area contributed by atoms with Crippen molar-refractivity contribution in [3.8, 4) is 28.4 Å². The smallest absolute Gasteiger partial charge is 0.338 e. The van der Waals surface area contributed by atoms with Gasteiger partial charge in [-0.2, -0.15) is 0 Å². The first-order valence-electron chi connectivity index (χ1n) is 10.8. The van der Waals surface area contributed by atoms with Crippen molar-refractivity contribution in [1.29, 1.82) is 0 Å². The zero-order chi connectivity index (χ0) is 22.9. The standard InChI is InChI=1S/C25H28O7/c1-5-15(2)32-24(27)25(11-12-25)14-31-21-17(9-10-20(28-3)22(21)29-4)16-7-6-8-18-19(16)13-30-23(18)26/h6-10,15H,5,11-14H2,1-4H3/t15-/m0/s1. The fraction of sp³-hybridized carbons (Fsp3) is 0.440. The molecule has 0 radical (unpaired) electrons. The van der Waals surface area contributed by atoms with Crippen molar-refractivity contribution < 1.29 is 33.3 Å². The highest BCUT2D eigenvalue weighted by Crippen LogP contribution is 2.51. The molecule has 7 nitrogen and oxygen atoms in total. The minimum Gasteiger partial charge on any atom is -0.493 e. The molecule has 1 atom stereocenters. The average molecular weight is 440 g/mol. The van der Waals surface area contributed by atoms with Crippen LogP contribution in [-0.4, -0.2) is 38.9 Å². The summed E-state index contributed by atoms with van der Waals surface area (Å²) in [5, 5.41) is 0. The lowest BCUT2D eigenvalue weighted by Crippen LogP contribution is -2.28. The van der Waals surface area contributed by atoms with Crippen molar-refractivity contribution in [3.05, 3.63) is 41.5 Å². The van der Waals surface area contributed by atoms with Crippen LogP contribution in [0.1, 0.15) is 49.0 Å². The molecule has 170 valence electrons. The molecule has 0 bridgehead atoms. The van der Waals surface area contributed by atoms with E-state index in [0.29, 0.717) is 35.7 Å². The van der Waals surface area contributed by atoms with Crippen molar-refractivity contribution >= 4 is 11.9 Å². The van der Waals surface area contributed by atoms with Crippen LogP contribution >= 0.6 is 0 Å². The van der Waals surface area contributed by atoms with Crippen LogP contribution in [0.4, 0.5) is 0 Å². The summed E-state index contributed by atoms with van der Waals surface area (Å²) in [5.74, 6) is 0.837.